The number of hydrogen-bond acceptors (Lipinski definition) is 1. The highest BCUT2D eigenvalue weighted by molar-refractivity contribution is 5.99. The lowest BCUT2D eigenvalue weighted by Crippen LogP contribution is -2.30. The fraction of sp³-hybridized carbons (Fsp3) is 0.250. The van der Waals surface area contributed by atoms with Crippen LogP contribution in [0.25, 0.3) is 10.9 Å². The van der Waals surface area contributed by atoms with Gasteiger partial charge in [-0.25, -0.2) is 4.39 Å². The number of nitrogens with zero attached hydrogens (tertiary/aromatic N) is 1. The molecule has 124 valence electrons. The van der Waals surface area contributed by atoms with Gasteiger partial charge < -0.3 is 9.88 Å². The lowest BCUT2D eigenvalue weighted by Gasteiger charge is -2.20. The normalized spacial score (nSPS) is 11.0. The van der Waals surface area contributed by atoms with Crippen LogP contribution in [-0.2, 0) is 6.54 Å². The molecule has 0 saturated heterocycles. The minimum atomic E-state index is -0.285. The predicted molar refractivity (Wildman–Crippen MR) is 94.6 cm³/mol. The average Bonchev–Trinajstić information content (AvgIpc) is 2.96. The number of hydrogen-bond donors (Lipinski definition) is 1. The van der Waals surface area contributed by atoms with Gasteiger partial charge in [-0.15, -0.1) is 0 Å². The smallest absolute Gasteiger partial charge is 0.270 e. The Morgan fingerprint density at radius 1 is 1.17 bits per heavy atom. The molecule has 3 aromatic rings. The quantitative estimate of drug-likeness (QED) is 0.749. The fourth-order valence-corrected chi connectivity index (χ4v) is 3.07. The number of aromatic amines is 1. The third-order valence-corrected chi connectivity index (χ3v) is 4.25. The number of aryl methyl sites for hydroxylation is 2. The molecule has 1 amide bonds. The third kappa shape index (κ3) is 3.18. The van der Waals surface area contributed by atoms with E-state index in [0.717, 1.165) is 27.6 Å². The van der Waals surface area contributed by atoms with E-state index in [0.29, 0.717) is 18.8 Å². The molecule has 4 heteroatoms. The number of carbonyl (C=O) groups is 1. The molecule has 0 spiro atoms. The minimum absolute atomic E-state index is 0.0741. The van der Waals surface area contributed by atoms with Gasteiger partial charge >= 0.3 is 0 Å². The first kappa shape index (κ1) is 16.2. The summed E-state index contributed by atoms with van der Waals surface area (Å²) in [4.78, 5) is 17.8. The maximum absolute atomic E-state index is 13.4. The summed E-state index contributed by atoms with van der Waals surface area (Å²) >= 11 is 0. The highest BCUT2D eigenvalue weighted by Crippen LogP contribution is 2.22. The van der Waals surface area contributed by atoms with E-state index >= 15 is 0 Å². The van der Waals surface area contributed by atoms with E-state index in [1.807, 2.05) is 39.0 Å². The van der Waals surface area contributed by atoms with E-state index in [2.05, 4.69) is 11.1 Å². The maximum Gasteiger partial charge on any atom is 0.270 e. The van der Waals surface area contributed by atoms with Crippen LogP contribution in [0.15, 0.2) is 42.5 Å². The SMILES string of the molecule is CCN(Cc1cccc(F)c1)C(=O)c1cc2c(C)cc(C)cc2[nH]1. The second-order valence-corrected chi connectivity index (χ2v) is 6.18. The number of aromatic nitrogens is 1. The zero-order chi connectivity index (χ0) is 17.3. The Kier molecular flexibility index (Phi) is 4.38. The van der Waals surface area contributed by atoms with E-state index < -0.39 is 0 Å². The number of benzene rings is 2. The molecule has 0 unspecified atom stereocenters. The molecule has 3 nitrogen and oxygen atoms in total. The van der Waals surface area contributed by atoms with Gasteiger partial charge in [0.25, 0.3) is 5.91 Å². The molecule has 0 bridgehead atoms. The standard InChI is InChI=1S/C20H21FN2O/c1-4-23(12-15-6-5-7-16(21)10-15)20(24)19-11-17-14(3)8-13(2)9-18(17)22-19/h5-11,22H,4,12H2,1-3H3. The second-order valence-electron chi connectivity index (χ2n) is 6.18. The largest absolute Gasteiger partial charge is 0.351 e. The molecule has 1 N–H and O–H groups in total. The van der Waals surface area contributed by atoms with E-state index in [9.17, 15) is 9.18 Å². The van der Waals surface area contributed by atoms with Crippen molar-refractivity contribution in [1.29, 1.82) is 0 Å². The summed E-state index contributed by atoms with van der Waals surface area (Å²) in [5, 5.41) is 1.06. The summed E-state index contributed by atoms with van der Waals surface area (Å²) in [6.07, 6.45) is 0. The Morgan fingerprint density at radius 2 is 1.96 bits per heavy atom. The van der Waals surface area contributed by atoms with Crippen LogP contribution >= 0.6 is 0 Å². The molecule has 0 atom stereocenters. The molecule has 0 aliphatic carbocycles. The zero-order valence-electron chi connectivity index (χ0n) is 14.2. The fourth-order valence-electron chi connectivity index (χ4n) is 3.07. The minimum Gasteiger partial charge on any atom is -0.351 e. The second kappa shape index (κ2) is 6.48. The molecule has 2 aromatic carbocycles. The van der Waals surface area contributed by atoms with Gasteiger partial charge in [-0.3, -0.25) is 4.79 Å². The molecule has 0 fully saturated rings. The predicted octanol–water partition coefficient (Wildman–Crippen LogP) is 4.59. The number of fused-ring (bicyclic) bond motifs is 1. The van der Waals surface area contributed by atoms with Crippen molar-refractivity contribution < 1.29 is 9.18 Å². The molecular weight excluding hydrogens is 303 g/mol. The Morgan fingerprint density at radius 3 is 2.67 bits per heavy atom. The number of rotatable bonds is 4. The van der Waals surface area contributed by atoms with Crippen molar-refractivity contribution >= 4 is 16.8 Å². The van der Waals surface area contributed by atoms with Gasteiger partial charge in [0, 0.05) is 24.0 Å². The first-order chi connectivity index (χ1) is 11.5. The Hall–Kier alpha value is -2.62. The molecule has 0 radical (unpaired) electrons. The topological polar surface area (TPSA) is 36.1 Å². The van der Waals surface area contributed by atoms with Crippen molar-refractivity contribution in [2.75, 3.05) is 6.54 Å². The van der Waals surface area contributed by atoms with Crippen LogP contribution in [-0.4, -0.2) is 22.3 Å². The molecule has 0 saturated carbocycles. The zero-order valence-corrected chi connectivity index (χ0v) is 14.2. The van der Waals surface area contributed by atoms with Crippen LogP contribution in [0.5, 0.6) is 0 Å². The molecule has 3 rings (SSSR count). The van der Waals surface area contributed by atoms with Crippen molar-refractivity contribution in [2.24, 2.45) is 0 Å². The van der Waals surface area contributed by atoms with E-state index in [4.69, 9.17) is 0 Å². The summed E-state index contributed by atoms with van der Waals surface area (Å²) < 4.78 is 13.4. The number of H-pyrrole nitrogens is 1. The van der Waals surface area contributed by atoms with Crippen molar-refractivity contribution in [3.05, 3.63) is 70.7 Å². The van der Waals surface area contributed by atoms with Gasteiger partial charge in [0.05, 0.1) is 0 Å². The van der Waals surface area contributed by atoms with Crippen molar-refractivity contribution in [3.8, 4) is 0 Å². The highest BCUT2D eigenvalue weighted by atomic mass is 19.1. The van der Waals surface area contributed by atoms with Crippen molar-refractivity contribution in [3.63, 3.8) is 0 Å². The van der Waals surface area contributed by atoms with E-state index in [-0.39, 0.29) is 11.7 Å². The van der Waals surface area contributed by atoms with Crippen molar-refractivity contribution in [2.45, 2.75) is 27.3 Å². The highest BCUT2D eigenvalue weighted by Gasteiger charge is 2.17. The van der Waals surface area contributed by atoms with Crippen molar-refractivity contribution in [1.82, 2.24) is 9.88 Å². The molecule has 1 aromatic heterocycles. The van der Waals surface area contributed by atoms with Gasteiger partial charge in [-0.2, -0.15) is 0 Å². The van der Waals surface area contributed by atoms with Gasteiger partial charge in [0.15, 0.2) is 0 Å². The maximum atomic E-state index is 13.4. The average molecular weight is 324 g/mol. The summed E-state index contributed by atoms with van der Waals surface area (Å²) in [5.74, 6) is -0.359. The molecular formula is C20H21FN2O. The summed E-state index contributed by atoms with van der Waals surface area (Å²) in [7, 11) is 0. The van der Waals surface area contributed by atoms with Gasteiger partial charge in [-0.1, -0.05) is 18.2 Å². The Balaban J connectivity index is 1.90. The van der Waals surface area contributed by atoms with Crippen LogP contribution in [0, 0.1) is 19.7 Å². The number of carbonyl (C=O) groups excluding carboxylic acids is 1. The first-order valence-electron chi connectivity index (χ1n) is 8.11. The van der Waals surface area contributed by atoms with E-state index in [1.54, 1.807) is 11.0 Å². The number of halogens is 1. The molecule has 0 aliphatic rings. The summed E-state index contributed by atoms with van der Waals surface area (Å²) in [5.41, 5.74) is 4.63. The van der Waals surface area contributed by atoms with Crippen LogP contribution in [0.1, 0.15) is 34.1 Å². The first-order valence-corrected chi connectivity index (χ1v) is 8.11. The van der Waals surface area contributed by atoms with Crippen LogP contribution in [0.4, 0.5) is 4.39 Å². The van der Waals surface area contributed by atoms with Gasteiger partial charge in [0.1, 0.15) is 11.5 Å². The summed E-state index contributed by atoms with van der Waals surface area (Å²) in [6.45, 7) is 6.96. The van der Waals surface area contributed by atoms with E-state index in [1.165, 1.54) is 12.1 Å². The van der Waals surface area contributed by atoms with Gasteiger partial charge in [-0.05, 0) is 61.7 Å². The van der Waals surface area contributed by atoms with Crippen LogP contribution in [0.2, 0.25) is 0 Å². The molecule has 0 aliphatic heterocycles. The van der Waals surface area contributed by atoms with Crippen LogP contribution in [0.3, 0.4) is 0 Å². The lowest BCUT2D eigenvalue weighted by molar-refractivity contribution is 0.0747. The number of amides is 1. The number of nitrogens with one attached hydrogen (secondary N) is 1. The summed E-state index contributed by atoms with van der Waals surface area (Å²) in [6, 6.07) is 12.4. The monoisotopic (exact) mass is 324 g/mol. The Bertz CT molecular complexity index is 898. The molecule has 24 heavy (non-hydrogen) atoms. The lowest BCUT2D eigenvalue weighted by atomic mass is 10.1. The third-order valence-electron chi connectivity index (χ3n) is 4.25. The Labute approximate surface area is 141 Å². The van der Waals surface area contributed by atoms with Crippen LogP contribution < -0.4 is 0 Å². The molecule has 1 heterocycles. The van der Waals surface area contributed by atoms with Gasteiger partial charge in [0.2, 0.25) is 0 Å².